The van der Waals surface area contributed by atoms with E-state index in [2.05, 4.69) is 31.3 Å². The van der Waals surface area contributed by atoms with E-state index in [0.717, 1.165) is 31.4 Å². The number of fused-ring (bicyclic) bond motifs is 1. The summed E-state index contributed by atoms with van der Waals surface area (Å²) in [4.78, 5) is 13.4. The highest BCUT2D eigenvalue weighted by molar-refractivity contribution is 5.88. The van der Waals surface area contributed by atoms with Crippen molar-refractivity contribution in [1.29, 1.82) is 5.26 Å². The van der Waals surface area contributed by atoms with Gasteiger partial charge < -0.3 is 10.8 Å². The topological polar surface area (TPSA) is 139 Å². The van der Waals surface area contributed by atoms with E-state index in [0.29, 0.717) is 40.2 Å². The van der Waals surface area contributed by atoms with Gasteiger partial charge in [0.05, 0.1) is 29.6 Å². The first-order chi connectivity index (χ1) is 15.1. The van der Waals surface area contributed by atoms with Crippen molar-refractivity contribution in [2.45, 2.75) is 37.8 Å². The molecule has 0 spiro atoms. The molecule has 3 N–H and O–H groups in total. The first kappa shape index (κ1) is 19.1. The SMILES string of the molecule is N#Cc1cccc(-c2nc(N)nc3c2nnn3Cc2cccc(C3(O)CCCC3)n2)c1. The molecule has 5 rings (SSSR count). The van der Waals surface area contributed by atoms with Gasteiger partial charge in [-0.3, -0.25) is 4.98 Å². The van der Waals surface area contributed by atoms with Crippen LogP contribution in [0, 0.1) is 11.3 Å². The van der Waals surface area contributed by atoms with Gasteiger partial charge in [0.25, 0.3) is 0 Å². The predicted molar refractivity (Wildman–Crippen MR) is 113 cm³/mol. The Morgan fingerprint density at radius 3 is 2.71 bits per heavy atom. The van der Waals surface area contributed by atoms with E-state index in [9.17, 15) is 10.4 Å². The summed E-state index contributed by atoms with van der Waals surface area (Å²) in [6.45, 7) is 0.328. The number of pyridine rings is 1. The van der Waals surface area contributed by atoms with Gasteiger partial charge in [-0.25, -0.2) is 9.67 Å². The van der Waals surface area contributed by atoms with E-state index < -0.39 is 5.60 Å². The Labute approximate surface area is 178 Å². The maximum Gasteiger partial charge on any atom is 0.222 e. The second kappa shape index (κ2) is 7.41. The Kier molecular flexibility index (Phi) is 4.56. The Morgan fingerprint density at radius 1 is 1.10 bits per heavy atom. The maximum atomic E-state index is 10.9. The molecule has 3 aromatic heterocycles. The van der Waals surface area contributed by atoms with E-state index in [1.54, 1.807) is 22.9 Å². The van der Waals surface area contributed by atoms with Gasteiger partial charge >= 0.3 is 0 Å². The number of aliphatic hydroxyl groups is 1. The number of aromatic nitrogens is 6. The zero-order valence-corrected chi connectivity index (χ0v) is 16.7. The maximum absolute atomic E-state index is 10.9. The van der Waals surface area contributed by atoms with Gasteiger partial charge in [-0.1, -0.05) is 36.3 Å². The van der Waals surface area contributed by atoms with Crippen molar-refractivity contribution in [2.24, 2.45) is 0 Å². The Bertz CT molecular complexity index is 1320. The van der Waals surface area contributed by atoms with Gasteiger partial charge in [0, 0.05) is 5.56 Å². The average Bonchev–Trinajstić information content (AvgIpc) is 3.41. The molecule has 1 fully saturated rings. The number of hydrogen-bond acceptors (Lipinski definition) is 8. The molecular weight excluding hydrogens is 392 g/mol. The van der Waals surface area contributed by atoms with Crippen LogP contribution < -0.4 is 5.73 Å². The van der Waals surface area contributed by atoms with Crippen molar-refractivity contribution >= 4 is 17.1 Å². The second-order valence-electron chi connectivity index (χ2n) is 7.80. The molecule has 0 amide bonds. The summed E-state index contributed by atoms with van der Waals surface area (Å²) in [5.41, 5.74) is 9.28. The highest BCUT2D eigenvalue weighted by atomic mass is 16.3. The Morgan fingerprint density at radius 2 is 1.90 bits per heavy atom. The molecule has 1 aliphatic rings. The summed E-state index contributed by atoms with van der Waals surface area (Å²) in [6.07, 6.45) is 3.46. The van der Waals surface area contributed by atoms with Crippen LogP contribution in [0.3, 0.4) is 0 Å². The largest absolute Gasteiger partial charge is 0.384 e. The summed E-state index contributed by atoms with van der Waals surface area (Å²) in [6, 6.07) is 14.9. The van der Waals surface area contributed by atoms with Crippen molar-refractivity contribution in [1.82, 2.24) is 29.9 Å². The van der Waals surface area contributed by atoms with Crippen LogP contribution in [-0.4, -0.2) is 35.1 Å². The standard InChI is InChI=1S/C22H20N8O/c23-12-14-5-3-6-15(11-14)18-19-20(27-21(24)26-18)30(29-28-19)13-16-7-4-8-17(25-16)22(31)9-1-2-10-22/h3-8,11,31H,1-2,9-10,13H2,(H2,24,26,27). The van der Waals surface area contributed by atoms with E-state index in [4.69, 9.17) is 5.73 Å². The molecule has 9 nitrogen and oxygen atoms in total. The summed E-state index contributed by atoms with van der Waals surface area (Å²) in [5.74, 6) is 0.0930. The lowest BCUT2D eigenvalue weighted by molar-refractivity contribution is 0.0397. The van der Waals surface area contributed by atoms with Crippen LogP contribution in [0.2, 0.25) is 0 Å². The van der Waals surface area contributed by atoms with Crippen molar-refractivity contribution < 1.29 is 5.11 Å². The van der Waals surface area contributed by atoms with Gasteiger partial charge in [-0.05, 0) is 37.1 Å². The highest BCUT2D eigenvalue weighted by Gasteiger charge is 2.34. The number of nitrogens with zero attached hydrogens (tertiary/aromatic N) is 7. The third kappa shape index (κ3) is 3.47. The lowest BCUT2D eigenvalue weighted by atomic mass is 9.97. The minimum atomic E-state index is -0.855. The van der Waals surface area contributed by atoms with Crippen LogP contribution in [0.25, 0.3) is 22.4 Å². The number of nitrogens with two attached hydrogens (primary N) is 1. The minimum absolute atomic E-state index is 0.0930. The summed E-state index contributed by atoms with van der Waals surface area (Å²) in [7, 11) is 0. The molecule has 0 atom stereocenters. The fraction of sp³-hybridized carbons (Fsp3) is 0.273. The molecule has 3 heterocycles. The molecule has 1 saturated carbocycles. The zero-order valence-electron chi connectivity index (χ0n) is 16.7. The van der Waals surface area contributed by atoms with Gasteiger partial charge in [0.2, 0.25) is 5.95 Å². The number of benzene rings is 1. The van der Waals surface area contributed by atoms with E-state index >= 15 is 0 Å². The third-order valence-corrected chi connectivity index (χ3v) is 5.67. The molecule has 1 aromatic carbocycles. The molecule has 31 heavy (non-hydrogen) atoms. The normalized spacial score (nSPS) is 15.2. The molecule has 1 aliphatic carbocycles. The van der Waals surface area contributed by atoms with Crippen LogP contribution in [0.1, 0.15) is 42.6 Å². The fourth-order valence-electron chi connectivity index (χ4n) is 4.11. The Balaban J connectivity index is 1.54. The first-order valence-electron chi connectivity index (χ1n) is 10.1. The van der Waals surface area contributed by atoms with Crippen molar-refractivity contribution in [3.63, 3.8) is 0 Å². The smallest absolute Gasteiger partial charge is 0.222 e. The van der Waals surface area contributed by atoms with Crippen LogP contribution in [0.4, 0.5) is 5.95 Å². The average molecular weight is 412 g/mol. The summed E-state index contributed by atoms with van der Waals surface area (Å²) in [5, 5.41) is 28.6. The number of nitriles is 1. The lowest BCUT2D eigenvalue weighted by Gasteiger charge is -2.21. The molecule has 154 valence electrons. The second-order valence-corrected chi connectivity index (χ2v) is 7.80. The van der Waals surface area contributed by atoms with Crippen molar-refractivity contribution in [3.05, 3.63) is 59.4 Å². The summed E-state index contributed by atoms with van der Waals surface area (Å²) < 4.78 is 1.62. The monoisotopic (exact) mass is 412 g/mol. The van der Waals surface area contributed by atoms with Gasteiger partial charge in [0.1, 0.15) is 11.3 Å². The van der Waals surface area contributed by atoms with E-state index in [1.807, 2.05) is 24.3 Å². The van der Waals surface area contributed by atoms with Crippen molar-refractivity contribution in [3.8, 4) is 17.3 Å². The van der Waals surface area contributed by atoms with Crippen molar-refractivity contribution in [2.75, 3.05) is 5.73 Å². The molecule has 0 saturated heterocycles. The van der Waals surface area contributed by atoms with E-state index in [1.165, 1.54) is 0 Å². The van der Waals surface area contributed by atoms with Crippen LogP contribution >= 0.6 is 0 Å². The van der Waals surface area contributed by atoms with Crippen LogP contribution in [0.15, 0.2) is 42.5 Å². The fourth-order valence-corrected chi connectivity index (χ4v) is 4.11. The van der Waals surface area contributed by atoms with Gasteiger partial charge in [-0.2, -0.15) is 10.2 Å². The molecule has 9 heteroatoms. The van der Waals surface area contributed by atoms with Gasteiger partial charge in [0.15, 0.2) is 11.2 Å². The highest BCUT2D eigenvalue weighted by Crippen LogP contribution is 2.37. The van der Waals surface area contributed by atoms with Crippen LogP contribution in [-0.2, 0) is 12.1 Å². The molecule has 4 aromatic rings. The molecular formula is C22H20N8O. The predicted octanol–water partition coefficient (Wildman–Crippen LogP) is 2.55. The number of anilines is 1. The quantitative estimate of drug-likeness (QED) is 0.521. The minimum Gasteiger partial charge on any atom is -0.384 e. The number of nitrogen functional groups attached to an aromatic ring is 1. The molecule has 0 aliphatic heterocycles. The lowest BCUT2D eigenvalue weighted by Crippen LogP contribution is -2.23. The van der Waals surface area contributed by atoms with E-state index in [-0.39, 0.29) is 5.95 Å². The first-order valence-corrected chi connectivity index (χ1v) is 10.1. The third-order valence-electron chi connectivity index (χ3n) is 5.67. The number of rotatable bonds is 4. The zero-order chi connectivity index (χ0) is 21.4. The molecule has 0 radical (unpaired) electrons. The Hall–Kier alpha value is -3.90. The molecule has 0 bridgehead atoms. The van der Waals surface area contributed by atoms with Crippen LogP contribution in [0.5, 0.6) is 0 Å². The summed E-state index contributed by atoms with van der Waals surface area (Å²) >= 11 is 0. The van der Waals surface area contributed by atoms with Gasteiger partial charge in [-0.15, -0.1) is 5.10 Å². The molecule has 0 unspecified atom stereocenters. The number of hydrogen-bond donors (Lipinski definition) is 2.